The molecule has 1 saturated carbocycles. The molecule has 1 saturated heterocycles. The summed E-state index contributed by atoms with van der Waals surface area (Å²) in [5, 5.41) is 0. The number of likely N-dealkylation sites (tertiary alicyclic amines) is 1. The van der Waals surface area contributed by atoms with E-state index in [0.29, 0.717) is 0 Å². The third kappa shape index (κ3) is 2.70. The van der Waals surface area contributed by atoms with E-state index in [-0.39, 0.29) is 27.6 Å². The molecule has 0 unspecified atom stereocenters. The fourth-order valence-electron chi connectivity index (χ4n) is 3.02. The van der Waals surface area contributed by atoms with Gasteiger partial charge in [-0.25, -0.2) is 0 Å². The highest BCUT2D eigenvalue weighted by molar-refractivity contribution is 6.55. The first-order valence-electron chi connectivity index (χ1n) is 6.65. The zero-order valence-electron chi connectivity index (χ0n) is 11.2. The second-order valence-corrected chi connectivity index (χ2v) is 7.30. The van der Waals surface area contributed by atoms with Gasteiger partial charge in [0.1, 0.15) is 4.49 Å². The summed E-state index contributed by atoms with van der Waals surface area (Å²) in [5.74, 6) is 1.27. The molecule has 1 amide bonds. The van der Waals surface area contributed by atoms with E-state index < -0.39 is 0 Å². The lowest BCUT2D eigenvalue weighted by atomic mass is 9.98. The topological polar surface area (TPSA) is 20.3 Å². The lowest BCUT2D eigenvalue weighted by Gasteiger charge is -2.30. The number of rotatable bonds is 2. The fourth-order valence-corrected chi connectivity index (χ4v) is 3.29. The molecule has 0 spiro atoms. The van der Waals surface area contributed by atoms with Crippen LogP contribution in [0.4, 0.5) is 0 Å². The van der Waals surface area contributed by atoms with Crippen molar-refractivity contribution in [2.24, 2.45) is 23.2 Å². The van der Waals surface area contributed by atoms with Crippen molar-refractivity contribution in [3.63, 3.8) is 0 Å². The molecule has 2 atom stereocenters. The Bertz CT molecular complexity index is 366. The monoisotopic (exact) mass is 289 g/mol. The van der Waals surface area contributed by atoms with Gasteiger partial charge in [0, 0.05) is 13.1 Å². The van der Waals surface area contributed by atoms with Crippen LogP contribution in [0, 0.1) is 23.2 Å². The number of allylic oxidation sites excluding steroid dienone is 1. The summed E-state index contributed by atoms with van der Waals surface area (Å²) in [7, 11) is 0. The van der Waals surface area contributed by atoms with E-state index in [0.717, 1.165) is 31.8 Å². The van der Waals surface area contributed by atoms with Gasteiger partial charge in [0.15, 0.2) is 0 Å². The quantitative estimate of drug-likeness (QED) is 0.756. The van der Waals surface area contributed by atoms with E-state index in [1.54, 1.807) is 0 Å². The average molecular weight is 290 g/mol. The molecule has 1 aliphatic carbocycles. The molecular formula is C14H21Cl2NO. The van der Waals surface area contributed by atoms with Crippen LogP contribution >= 0.6 is 23.2 Å². The number of hydrogen-bond donors (Lipinski definition) is 0. The van der Waals surface area contributed by atoms with Crippen LogP contribution in [0.15, 0.2) is 10.6 Å². The molecule has 0 aromatic heterocycles. The predicted molar refractivity (Wildman–Crippen MR) is 75.5 cm³/mol. The molecule has 2 nitrogen and oxygen atoms in total. The maximum Gasteiger partial charge on any atom is 0.226 e. The third-order valence-electron chi connectivity index (χ3n) is 4.58. The smallest absolute Gasteiger partial charge is 0.226 e. The Morgan fingerprint density at radius 1 is 1.28 bits per heavy atom. The van der Waals surface area contributed by atoms with Crippen molar-refractivity contribution in [3.8, 4) is 0 Å². The molecule has 0 N–H and O–H groups in total. The molecule has 0 aromatic carbocycles. The van der Waals surface area contributed by atoms with Crippen LogP contribution in [0.1, 0.15) is 33.6 Å². The van der Waals surface area contributed by atoms with Gasteiger partial charge in [0.05, 0.1) is 5.92 Å². The SMILES string of the molecule is CC1CCN(C(=O)[C@@H]2[C@@H](C=C(Cl)Cl)C2(C)C)CC1. The number of amides is 1. The second kappa shape index (κ2) is 5.05. The summed E-state index contributed by atoms with van der Waals surface area (Å²) >= 11 is 11.4. The minimum Gasteiger partial charge on any atom is -0.342 e. The van der Waals surface area contributed by atoms with Gasteiger partial charge in [0.2, 0.25) is 5.91 Å². The maximum absolute atomic E-state index is 12.5. The van der Waals surface area contributed by atoms with Gasteiger partial charge in [0.25, 0.3) is 0 Å². The summed E-state index contributed by atoms with van der Waals surface area (Å²) in [6.45, 7) is 8.27. The Morgan fingerprint density at radius 2 is 1.83 bits per heavy atom. The zero-order valence-corrected chi connectivity index (χ0v) is 12.8. The van der Waals surface area contributed by atoms with E-state index in [4.69, 9.17) is 23.2 Å². The minimum absolute atomic E-state index is 0.00479. The van der Waals surface area contributed by atoms with Crippen LogP contribution < -0.4 is 0 Å². The fraction of sp³-hybridized carbons (Fsp3) is 0.786. The number of halogens is 2. The maximum atomic E-state index is 12.5. The number of carbonyl (C=O) groups is 1. The molecule has 0 aromatic rings. The Labute approximate surface area is 119 Å². The second-order valence-electron chi connectivity index (χ2n) is 6.29. The molecular weight excluding hydrogens is 269 g/mol. The van der Waals surface area contributed by atoms with Crippen LogP contribution in [-0.4, -0.2) is 23.9 Å². The summed E-state index contributed by atoms with van der Waals surface area (Å²) in [5.41, 5.74) is -0.00479. The molecule has 2 rings (SSSR count). The number of hydrogen-bond acceptors (Lipinski definition) is 1. The Balaban J connectivity index is 2.00. The highest BCUT2D eigenvalue weighted by Crippen LogP contribution is 2.60. The average Bonchev–Trinajstić information content (AvgIpc) is 2.79. The van der Waals surface area contributed by atoms with Crippen LogP contribution in [0.2, 0.25) is 0 Å². The van der Waals surface area contributed by atoms with Crippen molar-refractivity contribution in [1.82, 2.24) is 4.90 Å². The predicted octanol–water partition coefficient (Wildman–Crippen LogP) is 3.84. The molecule has 1 heterocycles. The van der Waals surface area contributed by atoms with Crippen LogP contribution in [-0.2, 0) is 4.79 Å². The zero-order chi connectivity index (χ0) is 13.5. The lowest BCUT2D eigenvalue weighted by molar-refractivity contribution is -0.134. The summed E-state index contributed by atoms with van der Waals surface area (Å²) in [6, 6.07) is 0. The van der Waals surface area contributed by atoms with Crippen molar-refractivity contribution < 1.29 is 4.79 Å². The normalized spacial score (nSPS) is 31.1. The first-order chi connectivity index (χ1) is 8.34. The van der Waals surface area contributed by atoms with Crippen molar-refractivity contribution >= 4 is 29.1 Å². The molecule has 2 aliphatic rings. The Morgan fingerprint density at radius 3 is 2.33 bits per heavy atom. The van der Waals surface area contributed by atoms with E-state index in [9.17, 15) is 4.79 Å². The van der Waals surface area contributed by atoms with Gasteiger partial charge in [-0.3, -0.25) is 4.79 Å². The van der Waals surface area contributed by atoms with Gasteiger partial charge < -0.3 is 4.90 Å². The van der Waals surface area contributed by atoms with Crippen molar-refractivity contribution in [2.75, 3.05) is 13.1 Å². The molecule has 0 radical (unpaired) electrons. The molecule has 0 bridgehead atoms. The van der Waals surface area contributed by atoms with E-state index >= 15 is 0 Å². The van der Waals surface area contributed by atoms with E-state index in [1.807, 2.05) is 11.0 Å². The van der Waals surface area contributed by atoms with Gasteiger partial charge >= 0.3 is 0 Å². The van der Waals surface area contributed by atoms with E-state index in [1.165, 1.54) is 0 Å². The molecule has 102 valence electrons. The van der Waals surface area contributed by atoms with Crippen LogP contribution in [0.3, 0.4) is 0 Å². The Hall–Kier alpha value is -0.210. The molecule has 18 heavy (non-hydrogen) atoms. The summed E-state index contributed by atoms with van der Waals surface area (Å²) in [4.78, 5) is 14.5. The van der Waals surface area contributed by atoms with Crippen molar-refractivity contribution in [2.45, 2.75) is 33.6 Å². The minimum atomic E-state index is -0.00479. The first kappa shape index (κ1) is 14.2. The lowest BCUT2D eigenvalue weighted by Crippen LogP contribution is -2.39. The van der Waals surface area contributed by atoms with Gasteiger partial charge in [-0.1, -0.05) is 44.0 Å². The molecule has 2 fully saturated rings. The molecule has 4 heteroatoms. The number of carbonyl (C=O) groups excluding carboxylic acids is 1. The van der Waals surface area contributed by atoms with Gasteiger partial charge in [-0.05, 0) is 36.2 Å². The largest absolute Gasteiger partial charge is 0.342 e. The number of piperidine rings is 1. The standard InChI is InChI=1S/C14H21Cl2NO/c1-9-4-6-17(7-5-9)13(18)12-10(8-11(15)16)14(12,2)3/h8-10,12H,4-7H2,1-3H3/t10-,12+/m1/s1. The van der Waals surface area contributed by atoms with Gasteiger partial charge in [-0.15, -0.1) is 0 Å². The number of nitrogens with zero attached hydrogens (tertiary/aromatic N) is 1. The summed E-state index contributed by atoms with van der Waals surface area (Å²) in [6.07, 6.45) is 4.06. The van der Waals surface area contributed by atoms with Crippen molar-refractivity contribution in [3.05, 3.63) is 10.6 Å². The first-order valence-corrected chi connectivity index (χ1v) is 7.41. The third-order valence-corrected chi connectivity index (χ3v) is 4.83. The van der Waals surface area contributed by atoms with Crippen LogP contribution in [0.5, 0.6) is 0 Å². The molecule has 1 aliphatic heterocycles. The Kier molecular flexibility index (Phi) is 3.99. The van der Waals surface area contributed by atoms with Gasteiger partial charge in [-0.2, -0.15) is 0 Å². The van der Waals surface area contributed by atoms with E-state index in [2.05, 4.69) is 20.8 Å². The summed E-state index contributed by atoms with van der Waals surface area (Å²) < 4.78 is 0.274. The van der Waals surface area contributed by atoms with Crippen molar-refractivity contribution in [1.29, 1.82) is 0 Å². The van der Waals surface area contributed by atoms with Crippen LogP contribution in [0.25, 0.3) is 0 Å². The highest BCUT2D eigenvalue weighted by Gasteiger charge is 2.61. The highest BCUT2D eigenvalue weighted by atomic mass is 35.5.